The van der Waals surface area contributed by atoms with Gasteiger partial charge in [0.2, 0.25) is 0 Å². The average Bonchev–Trinajstić information content (AvgIpc) is 2.55. The molecule has 1 aliphatic heterocycles. The molecule has 0 amide bonds. The van der Waals surface area contributed by atoms with Gasteiger partial charge < -0.3 is 4.74 Å². The van der Waals surface area contributed by atoms with E-state index in [1.807, 2.05) is 0 Å². The number of ether oxygens (including phenoxy) is 1. The fraction of sp³-hybridized carbons (Fsp3) is 0.429. The summed E-state index contributed by atoms with van der Waals surface area (Å²) in [6, 6.07) is 8.62. The molecule has 1 heterocycles. The molecule has 1 aromatic carbocycles. The third kappa shape index (κ3) is 1.26. The van der Waals surface area contributed by atoms with Crippen LogP contribution < -0.4 is 0 Å². The van der Waals surface area contributed by atoms with Crippen LogP contribution in [0.2, 0.25) is 0 Å². The molecule has 0 unspecified atom stereocenters. The Morgan fingerprint density at radius 3 is 2.93 bits per heavy atom. The van der Waals surface area contributed by atoms with Crippen LogP contribution in [0.15, 0.2) is 36.4 Å². The van der Waals surface area contributed by atoms with Crippen LogP contribution in [0.5, 0.6) is 0 Å². The Balaban J connectivity index is 2.07. The molecule has 3 rings (SSSR count). The zero-order valence-corrected chi connectivity index (χ0v) is 9.23. The van der Waals surface area contributed by atoms with Crippen LogP contribution in [0.3, 0.4) is 0 Å². The van der Waals surface area contributed by atoms with Crippen LogP contribution in [-0.4, -0.2) is 6.10 Å². The van der Waals surface area contributed by atoms with E-state index in [1.165, 1.54) is 11.1 Å². The van der Waals surface area contributed by atoms with Crippen molar-refractivity contribution in [3.05, 3.63) is 47.5 Å². The molecule has 78 valence electrons. The Morgan fingerprint density at radius 1 is 1.27 bits per heavy atom. The topological polar surface area (TPSA) is 9.23 Å². The predicted octanol–water partition coefficient (Wildman–Crippen LogP) is 3.27. The van der Waals surface area contributed by atoms with Gasteiger partial charge in [-0.3, -0.25) is 0 Å². The van der Waals surface area contributed by atoms with Gasteiger partial charge in [-0.05, 0) is 11.1 Å². The highest BCUT2D eigenvalue weighted by Crippen LogP contribution is 2.46. The van der Waals surface area contributed by atoms with E-state index in [0.717, 1.165) is 6.61 Å². The number of fused-ring (bicyclic) bond motifs is 3. The molecule has 0 aromatic heterocycles. The summed E-state index contributed by atoms with van der Waals surface area (Å²) in [6.07, 6.45) is 4.93. The molecule has 0 fully saturated rings. The van der Waals surface area contributed by atoms with Gasteiger partial charge in [0.05, 0.1) is 12.7 Å². The lowest BCUT2D eigenvalue weighted by atomic mass is 9.81. The molecular weight excluding hydrogens is 184 g/mol. The Kier molecular flexibility index (Phi) is 1.81. The van der Waals surface area contributed by atoms with Gasteiger partial charge in [0.15, 0.2) is 0 Å². The lowest BCUT2D eigenvalue weighted by Gasteiger charge is -2.35. The maximum absolute atomic E-state index is 5.98. The lowest BCUT2D eigenvalue weighted by molar-refractivity contribution is -0.0277. The minimum atomic E-state index is 0.179. The van der Waals surface area contributed by atoms with Gasteiger partial charge in [0.25, 0.3) is 0 Å². The largest absolute Gasteiger partial charge is 0.372 e. The van der Waals surface area contributed by atoms with E-state index in [0.29, 0.717) is 12.0 Å². The smallest absolute Gasteiger partial charge is 0.0768 e. The van der Waals surface area contributed by atoms with Gasteiger partial charge in [-0.15, -0.1) is 0 Å². The van der Waals surface area contributed by atoms with Gasteiger partial charge >= 0.3 is 0 Å². The molecule has 0 radical (unpaired) electrons. The number of hydrogen-bond donors (Lipinski definition) is 0. The van der Waals surface area contributed by atoms with E-state index in [4.69, 9.17) is 4.74 Å². The van der Waals surface area contributed by atoms with Crippen LogP contribution in [0.4, 0.5) is 0 Å². The van der Waals surface area contributed by atoms with Gasteiger partial charge in [-0.25, -0.2) is 0 Å². The minimum absolute atomic E-state index is 0.179. The molecule has 15 heavy (non-hydrogen) atoms. The summed E-state index contributed by atoms with van der Waals surface area (Å²) >= 11 is 0. The molecule has 1 nitrogen and oxygen atoms in total. The second-order valence-corrected chi connectivity index (χ2v) is 5.14. The summed E-state index contributed by atoms with van der Waals surface area (Å²) in [5.41, 5.74) is 2.98. The summed E-state index contributed by atoms with van der Waals surface area (Å²) in [4.78, 5) is 0. The zero-order valence-electron chi connectivity index (χ0n) is 9.23. The molecule has 0 bridgehead atoms. The Bertz CT molecular complexity index is 417. The summed E-state index contributed by atoms with van der Waals surface area (Å²) in [5, 5.41) is 0. The normalized spacial score (nSPS) is 31.1. The third-order valence-electron chi connectivity index (χ3n) is 3.63. The molecule has 1 aromatic rings. The van der Waals surface area contributed by atoms with Crippen molar-refractivity contribution >= 4 is 0 Å². The van der Waals surface area contributed by atoms with Crippen molar-refractivity contribution in [3.63, 3.8) is 0 Å². The first kappa shape index (κ1) is 9.17. The van der Waals surface area contributed by atoms with E-state index in [-0.39, 0.29) is 5.41 Å². The van der Waals surface area contributed by atoms with Crippen molar-refractivity contribution in [1.29, 1.82) is 0 Å². The second kappa shape index (κ2) is 2.96. The quantitative estimate of drug-likeness (QED) is 0.584. The molecule has 0 saturated heterocycles. The molecular formula is C14H16O. The maximum Gasteiger partial charge on any atom is 0.0768 e. The molecule has 1 aliphatic carbocycles. The van der Waals surface area contributed by atoms with Crippen molar-refractivity contribution in [1.82, 2.24) is 0 Å². The number of rotatable bonds is 0. The van der Waals surface area contributed by atoms with Crippen LogP contribution in [0, 0.1) is 5.41 Å². The van der Waals surface area contributed by atoms with Crippen molar-refractivity contribution in [2.45, 2.75) is 32.5 Å². The zero-order chi connectivity index (χ0) is 10.5. The Morgan fingerprint density at radius 2 is 2.07 bits per heavy atom. The van der Waals surface area contributed by atoms with Crippen LogP contribution >= 0.6 is 0 Å². The standard InChI is InChI=1S/C14H16O/c1-14(2)8-7-12-11-6-4-3-5-10(11)9-15-13(12)14/h3-8,12-13H,9H2,1-2H3/t12-,13+/m1/s1. The Hall–Kier alpha value is -1.08. The molecule has 1 heteroatoms. The molecule has 0 spiro atoms. The van der Waals surface area contributed by atoms with E-state index < -0.39 is 0 Å². The molecule has 2 atom stereocenters. The maximum atomic E-state index is 5.98. The first-order valence-corrected chi connectivity index (χ1v) is 5.57. The van der Waals surface area contributed by atoms with E-state index >= 15 is 0 Å². The van der Waals surface area contributed by atoms with E-state index in [9.17, 15) is 0 Å². The SMILES string of the molecule is CC1(C)C=C[C@@H]2c3ccccc3CO[C@@H]21. The van der Waals surface area contributed by atoms with Crippen molar-refractivity contribution < 1.29 is 4.74 Å². The van der Waals surface area contributed by atoms with Gasteiger partial charge in [0, 0.05) is 11.3 Å². The monoisotopic (exact) mass is 200 g/mol. The van der Waals surface area contributed by atoms with Gasteiger partial charge in [-0.2, -0.15) is 0 Å². The first-order chi connectivity index (χ1) is 7.18. The lowest BCUT2D eigenvalue weighted by Crippen LogP contribution is -2.34. The van der Waals surface area contributed by atoms with Crippen molar-refractivity contribution in [2.75, 3.05) is 0 Å². The van der Waals surface area contributed by atoms with Crippen LogP contribution in [0.25, 0.3) is 0 Å². The van der Waals surface area contributed by atoms with E-state index in [2.05, 4.69) is 50.3 Å². The van der Waals surface area contributed by atoms with Gasteiger partial charge in [0.1, 0.15) is 0 Å². The fourth-order valence-electron chi connectivity index (χ4n) is 2.77. The average molecular weight is 200 g/mol. The van der Waals surface area contributed by atoms with Crippen molar-refractivity contribution in [3.8, 4) is 0 Å². The molecule has 0 saturated carbocycles. The number of hydrogen-bond acceptors (Lipinski definition) is 1. The van der Waals surface area contributed by atoms with Crippen LogP contribution in [0.1, 0.15) is 30.9 Å². The predicted molar refractivity (Wildman–Crippen MR) is 60.7 cm³/mol. The van der Waals surface area contributed by atoms with Crippen LogP contribution in [-0.2, 0) is 11.3 Å². The summed E-state index contributed by atoms with van der Waals surface area (Å²) in [7, 11) is 0. The Labute approximate surface area is 90.8 Å². The summed E-state index contributed by atoms with van der Waals surface area (Å²) < 4.78 is 5.98. The highest BCUT2D eigenvalue weighted by molar-refractivity contribution is 5.39. The van der Waals surface area contributed by atoms with E-state index in [1.54, 1.807) is 0 Å². The highest BCUT2D eigenvalue weighted by Gasteiger charge is 2.42. The van der Waals surface area contributed by atoms with Gasteiger partial charge in [-0.1, -0.05) is 50.3 Å². The first-order valence-electron chi connectivity index (χ1n) is 5.57. The second-order valence-electron chi connectivity index (χ2n) is 5.14. The van der Waals surface area contributed by atoms with Crippen molar-refractivity contribution in [2.24, 2.45) is 5.41 Å². The fourth-order valence-corrected chi connectivity index (χ4v) is 2.77. The summed E-state index contributed by atoms with van der Waals surface area (Å²) in [6.45, 7) is 5.27. The third-order valence-corrected chi connectivity index (χ3v) is 3.63. The minimum Gasteiger partial charge on any atom is -0.372 e. The highest BCUT2D eigenvalue weighted by atomic mass is 16.5. The molecule has 0 N–H and O–H groups in total. The molecule has 2 aliphatic rings. The summed E-state index contributed by atoms with van der Waals surface area (Å²) in [5.74, 6) is 0.463. The number of benzene rings is 1.